The van der Waals surface area contributed by atoms with Crippen LogP contribution in [-0.2, 0) is 11.8 Å². The third kappa shape index (κ3) is 5.67. The fourth-order valence-corrected chi connectivity index (χ4v) is 4.59. The zero-order valence-electron chi connectivity index (χ0n) is 18.4. The molecule has 2 aromatic carbocycles. The number of carbonyl (C=O) groups is 2. The molecule has 0 aliphatic heterocycles. The van der Waals surface area contributed by atoms with Crippen LogP contribution in [0.15, 0.2) is 65.1 Å². The van der Waals surface area contributed by atoms with E-state index in [4.69, 9.17) is 0 Å². The molecule has 2 N–H and O–H groups in total. The molecule has 0 aliphatic rings. The highest BCUT2D eigenvalue weighted by Gasteiger charge is 2.19. The van der Waals surface area contributed by atoms with Crippen molar-refractivity contribution < 1.29 is 14.0 Å². The van der Waals surface area contributed by atoms with E-state index in [1.54, 1.807) is 18.5 Å². The van der Waals surface area contributed by atoms with Crippen LogP contribution < -0.4 is 10.6 Å². The standard InChI is InChI=1S/C23H21FN6O2S2/c1-14(25-21(32)16-8-10-17(24)11-9-16)20-28-29-23(30(20)2)34-13-19(31)27-22-26-18(12-33-22)15-6-4-3-5-7-15/h3-12,14H,13H2,1-2H3,(H,25,32)(H,26,27,31). The van der Waals surface area contributed by atoms with Crippen molar-refractivity contribution in [1.82, 2.24) is 25.1 Å². The van der Waals surface area contributed by atoms with Gasteiger partial charge in [0.2, 0.25) is 5.91 Å². The summed E-state index contributed by atoms with van der Waals surface area (Å²) in [6, 6.07) is 14.6. The van der Waals surface area contributed by atoms with E-state index in [1.807, 2.05) is 35.7 Å². The monoisotopic (exact) mass is 496 g/mol. The van der Waals surface area contributed by atoms with Gasteiger partial charge in [0.05, 0.1) is 17.5 Å². The first kappa shape index (κ1) is 23.6. The van der Waals surface area contributed by atoms with E-state index in [0.29, 0.717) is 21.7 Å². The van der Waals surface area contributed by atoms with Gasteiger partial charge in [-0.15, -0.1) is 21.5 Å². The molecule has 4 aromatic rings. The van der Waals surface area contributed by atoms with Crippen LogP contribution in [0.5, 0.6) is 0 Å². The number of benzene rings is 2. The van der Waals surface area contributed by atoms with Crippen molar-refractivity contribution >= 4 is 40.0 Å². The molecule has 1 unspecified atom stereocenters. The predicted octanol–water partition coefficient (Wildman–Crippen LogP) is 4.30. The topological polar surface area (TPSA) is 102 Å². The van der Waals surface area contributed by atoms with Crippen LogP contribution in [0.25, 0.3) is 11.3 Å². The molecule has 2 heterocycles. The fraction of sp³-hybridized carbons (Fsp3) is 0.174. The summed E-state index contributed by atoms with van der Waals surface area (Å²) in [5, 5.41) is 16.9. The quantitative estimate of drug-likeness (QED) is 0.353. The highest BCUT2D eigenvalue weighted by atomic mass is 32.2. The second-order valence-electron chi connectivity index (χ2n) is 7.34. The molecular formula is C23H21FN6O2S2. The van der Waals surface area contributed by atoms with Gasteiger partial charge >= 0.3 is 0 Å². The molecule has 0 radical (unpaired) electrons. The number of thiazole rings is 1. The Hall–Kier alpha value is -3.57. The number of hydrogen-bond acceptors (Lipinski definition) is 7. The number of thioether (sulfide) groups is 1. The normalized spacial score (nSPS) is 11.7. The first-order chi connectivity index (χ1) is 16.4. The van der Waals surface area contributed by atoms with Crippen molar-refractivity contribution in [1.29, 1.82) is 0 Å². The van der Waals surface area contributed by atoms with Gasteiger partial charge in [0.1, 0.15) is 5.82 Å². The molecule has 11 heteroatoms. The van der Waals surface area contributed by atoms with Crippen molar-refractivity contribution in [2.45, 2.75) is 18.1 Å². The van der Waals surface area contributed by atoms with Crippen molar-refractivity contribution in [3.63, 3.8) is 0 Å². The van der Waals surface area contributed by atoms with Crippen LogP contribution in [-0.4, -0.2) is 37.3 Å². The Morgan fingerprint density at radius 2 is 1.85 bits per heavy atom. The van der Waals surface area contributed by atoms with E-state index in [1.165, 1.54) is 47.4 Å². The number of nitrogens with zero attached hydrogens (tertiary/aromatic N) is 4. The third-order valence-electron chi connectivity index (χ3n) is 4.86. The lowest BCUT2D eigenvalue weighted by atomic mass is 10.2. The Kier molecular flexibility index (Phi) is 7.33. The summed E-state index contributed by atoms with van der Waals surface area (Å²) in [6.45, 7) is 1.78. The Morgan fingerprint density at radius 1 is 1.12 bits per heavy atom. The Balaban J connectivity index is 1.31. The zero-order valence-corrected chi connectivity index (χ0v) is 20.0. The molecular weight excluding hydrogens is 475 g/mol. The molecule has 0 aliphatic carbocycles. The molecule has 0 bridgehead atoms. The molecule has 34 heavy (non-hydrogen) atoms. The second-order valence-corrected chi connectivity index (χ2v) is 9.14. The highest BCUT2D eigenvalue weighted by Crippen LogP contribution is 2.25. The van der Waals surface area contributed by atoms with Gasteiger partial charge in [0.25, 0.3) is 5.91 Å². The molecule has 0 saturated carbocycles. The maximum Gasteiger partial charge on any atom is 0.251 e. The Labute approximate surface area is 203 Å². The molecule has 174 valence electrons. The summed E-state index contributed by atoms with van der Waals surface area (Å²) in [7, 11) is 1.77. The second kappa shape index (κ2) is 10.6. The highest BCUT2D eigenvalue weighted by molar-refractivity contribution is 7.99. The minimum absolute atomic E-state index is 0.128. The average Bonchev–Trinajstić information content (AvgIpc) is 3.45. The van der Waals surface area contributed by atoms with Crippen LogP contribution in [0.1, 0.15) is 29.1 Å². The van der Waals surface area contributed by atoms with Gasteiger partial charge in [-0.25, -0.2) is 9.37 Å². The summed E-state index contributed by atoms with van der Waals surface area (Å²) in [6.07, 6.45) is 0. The molecule has 8 nitrogen and oxygen atoms in total. The molecule has 2 aromatic heterocycles. The zero-order chi connectivity index (χ0) is 24.1. The minimum Gasteiger partial charge on any atom is -0.342 e. The van der Waals surface area contributed by atoms with Gasteiger partial charge in [0.15, 0.2) is 16.1 Å². The maximum atomic E-state index is 13.1. The van der Waals surface area contributed by atoms with Gasteiger partial charge < -0.3 is 15.2 Å². The summed E-state index contributed by atoms with van der Waals surface area (Å²) in [5.41, 5.74) is 2.14. The molecule has 2 amide bonds. The summed E-state index contributed by atoms with van der Waals surface area (Å²) >= 11 is 2.60. The van der Waals surface area contributed by atoms with Gasteiger partial charge in [-0.05, 0) is 31.2 Å². The number of aromatic nitrogens is 4. The lowest BCUT2D eigenvalue weighted by Crippen LogP contribution is -2.28. The number of carbonyl (C=O) groups excluding carboxylic acids is 2. The number of amides is 2. The van der Waals surface area contributed by atoms with Crippen molar-refractivity contribution in [2.75, 3.05) is 11.1 Å². The van der Waals surface area contributed by atoms with Gasteiger partial charge in [-0.3, -0.25) is 9.59 Å². The average molecular weight is 497 g/mol. The first-order valence-corrected chi connectivity index (χ1v) is 12.2. The van der Waals surface area contributed by atoms with E-state index < -0.39 is 11.9 Å². The van der Waals surface area contributed by atoms with Crippen LogP contribution in [0.3, 0.4) is 0 Å². The molecule has 0 saturated heterocycles. The Morgan fingerprint density at radius 3 is 2.59 bits per heavy atom. The van der Waals surface area contributed by atoms with Crippen LogP contribution in [0.2, 0.25) is 0 Å². The molecule has 0 fully saturated rings. The number of anilines is 1. The van der Waals surface area contributed by atoms with Gasteiger partial charge in [-0.1, -0.05) is 42.1 Å². The number of rotatable bonds is 8. The van der Waals surface area contributed by atoms with Crippen LogP contribution in [0.4, 0.5) is 9.52 Å². The minimum atomic E-state index is -0.440. The molecule has 1 atom stereocenters. The number of halogens is 1. The summed E-state index contributed by atoms with van der Waals surface area (Å²) in [5.74, 6) is -0.299. The first-order valence-electron chi connectivity index (χ1n) is 10.3. The van der Waals surface area contributed by atoms with Crippen LogP contribution >= 0.6 is 23.1 Å². The summed E-state index contributed by atoms with van der Waals surface area (Å²) < 4.78 is 14.8. The Bertz CT molecular complexity index is 1290. The van der Waals surface area contributed by atoms with E-state index in [2.05, 4.69) is 25.8 Å². The third-order valence-corrected chi connectivity index (χ3v) is 6.64. The van der Waals surface area contributed by atoms with E-state index >= 15 is 0 Å². The SMILES string of the molecule is CC(NC(=O)c1ccc(F)cc1)c1nnc(SCC(=O)Nc2nc(-c3ccccc3)cs2)n1C. The van der Waals surface area contributed by atoms with Gasteiger partial charge in [-0.2, -0.15) is 0 Å². The van der Waals surface area contributed by atoms with Gasteiger partial charge in [0, 0.05) is 23.6 Å². The molecule has 4 rings (SSSR count). The van der Waals surface area contributed by atoms with Crippen LogP contribution in [0, 0.1) is 5.82 Å². The van der Waals surface area contributed by atoms with E-state index in [9.17, 15) is 14.0 Å². The number of nitrogens with one attached hydrogen (secondary N) is 2. The van der Waals surface area contributed by atoms with Crippen molar-refractivity contribution in [3.8, 4) is 11.3 Å². The summed E-state index contributed by atoms with van der Waals surface area (Å²) in [4.78, 5) is 29.2. The van der Waals surface area contributed by atoms with Crippen molar-refractivity contribution in [2.24, 2.45) is 7.05 Å². The smallest absolute Gasteiger partial charge is 0.251 e. The van der Waals surface area contributed by atoms with E-state index in [-0.39, 0.29) is 17.6 Å². The lowest BCUT2D eigenvalue weighted by Gasteiger charge is -2.13. The fourth-order valence-electron chi connectivity index (χ4n) is 3.13. The predicted molar refractivity (Wildman–Crippen MR) is 130 cm³/mol. The molecule has 0 spiro atoms. The largest absolute Gasteiger partial charge is 0.342 e. The number of hydrogen-bond donors (Lipinski definition) is 2. The lowest BCUT2D eigenvalue weighted by molar-refractivity contribution is -0.113. The van der Waals surface area contributed by atoms with E-state index in [0.717, 1.165) is 11.3 Å². The maximum absolute atomic E-state index is 13.1. The van der Waals surface area contributed by atoms with Crippen molar-refractivity contribution in [3.05, 3.63) is 77.2 Å².